The van der Waals surface area contributed by atoms with Crippen LogP contribution in [0.1, 0.15) is 55.4 Å². The summed E-state index contributed by atoms with van der Waals surface area (Å²) in [6, 6.07) is 25.8. The number of rotatable bonds is 13. The lowest BCUT2D eigenvalue weighted by atomic mass is 9.96. The number of carboxylic acid groups (broad SMARTS) is 3. The minimum absolute atomic E-state index is 0.0162. The molecule has 16 nitrogen and oxygen atoms in total. The van der Waals surface area contributed by atoms with Crippen LogP contribution in [0.3, 0.4) is 0 Å². The van der Waals surface area contributed by atoms with E-state index in [1.165, 1.54) is 54.5 Å². The average Bonchev–Trinajstić information content (AvgIpc) is 3.32. The number of hydrogen-bond donors (Lipinski definition) is 3. The smallest absolute Gasteiger partial charge is 0.416 e. The molecule has 3 atom stereocenters. The van der Waals surface area contributed by atoms with Gasteiger partial charge in [0.1, 0.15) is 23.0 Å². The minimum atomic E-state index is -4.66. The number of carboxylic acids is 3. The Labute approximate surface area is 392 Å². The van der Waals surface area contributed by atoms with Gasteiger partial charge in [0, 0.05) is 43.5 Å². The standard InChI is InChI=1S/C29H28F4N4O4.C20H18O8/c1-40-20-6-3-5-19(16-20)35-11-13-36(14-12-35)28-34-27-21(7-4-8-22(27)30)23(17-26(38)39)37(28)24-15-18(29(31,32)33)9-10-25(24)41-2;1-11-3-7-13(8-4-11)19(25)27-15(17(21)22)16(18(23)24)28-20(26)14-9-5-12(2)6-10-14/h3-10,15-16,23H,11-14,17H2,1-2H3,(H,38,39);3-10,15-16H,1-2H3,(H,21,22)(H,23,24)/t;15-,16-/m.0/s1. The summed E-state index contributed by atoms with van der Waals surface area (Å²) in [7, 11) is 2.90. The van der Waals surface area contributed by atoms with Crippen LogP contribution in [0.4, 0.5) is 34.6 Å². The monoisotopic (exact) mass is 958 g/mol. The fourth-order valence-corrected chi connectivity index (χ4v) is 7.47. The third-order valence-corrected chi connectivity index (χ3v) is 11.0. The Morgan fingerprint density at radius 3 is 1.72 bits per heavy atom. The summed E-state index contributed by atoms with van der Waals surface area (Å²) in [6.45, 7) is 5.40. The van der Waals surface area contributed by atoms with Gasteiger partial charge in [-0.25, -0.2) is 28.6 Å². The molecule has 1 saturated heterocycles. The maximum atomic E-state index is 15.1. The van der Waals surface area contributed by atoms with Crippen LogP contribution in [0, 0.1) is 19.7 Å². The molecule has 3 N–H and O–H groups in total. The number of carbonyl (C=O) groups is 5. The second-order valence-corrected chi connectivity index (χ2v) is 15.7. The highest BCUT2D eigenvalue weighted by Crippen LogP contribution is 2.46. The second kappa shape index (κ2) is 21.6. The first-order valence-electron chi connectivity index (χ1n) is 21.1. The van der Waals surface area contributed by atoms with Crippen molar-refractivity contribution in [3.05, 3.63) is 148 Å². The molecule has 5 aromatic carbocycles. The van der Waals surface area contributed by atoms with E-state index in [2.05, 4.69) is 9.89 Å². The topological polar surface area (TPSA) is 205 Å². The van der Waals surface area contributed by atoms with Gasteiger partial charge in [0.25, 0.3) is 0 Å². The van der Waals surface area contributed by atoms with Gasteiger partial charge in [-0.15, -0.1) is 0 Å². The third-order valence-electron chi connectivity index (χ3n) is 11.0. The van der Waals surface area contributed by atoms with Crippen LogP contribution < -0.4 is 19.3 Å². The molecule has 362 valence electrons. The third kappa shape index (κ3) is 12.1. The van der Waals surface area contributed by atoms with Crippen molar-refractivity contribution < 1.29 is 75.8 Å². The van der Waals surface area contributed by atoms with Crippen molar-refractivity contribution >= 4 is 52.9 Å². The van der Waals surface area contributed by atoms with Crippen LogP contribution in [0.5, 0.6) is 11.5 Å². The number of aryl methyl sites for hydroxylation is 2. The maximum Gasteiger partial charge on any atom is 0.416 e. The molecule has 69 heavy (non-hydrogen) atoms. The maximum absolute atomic E-state index is 15.1. The van der Waals surface area contributed by atoms with E-state index < -0.39 is 72.1 Å². The molecule has 1 fully saturated rings. The van der Waals surface area contributed by atoms with Crippen molar-refractivity contribution in [2.45, 2.75) is 44.7 Å². The molecule has 0 bridgehead atoms. The van der Waals surface area contributed by atoms with Gasteiger partial charge in [-0.05, 0) is 74.5 Å². The zero-order valence-corrected chi connectivity index (χ0v) is 37.5. The van der Waals surface area contributed by atoms with E-state index in [-0.39, 0.29) is 39.8 Å². The fourth-order valence-electron chi connectivity index (χ4n) is 7.47. The van der Waals surface area contributed by atoms with Gasteiger partial charge in [-0.3, -0.25) is 4.79 Å². The number of nitrogens with zero attached hydrogens (tertiary/aromatic N) is 4. The number of hydrogen-bond acceptors (Lipinski definition) is 13. The van der Waals surface area contributed by atoms with E-state index >= 15 is 4.39 Å². The van der Waals surface area contributed by atoms with Gasteiger partial charge < -0.3 is 49.0 Å². The summed E-state index contributed by atoms with van der Waals surface area (Å²) in [5.41, 5.74) is 2.00. The van der Waals surface area contributed by atoms with Crippen LogP contribution in [0.15, 0.2) is 114 Å². The number of guanidine groups is 1. The van der Waals surface area contributed by atoms with Crippen molar-refractivity contribution in [2.24, 2.45) is 4.99 Å². The number of carbonyl (C=O) groups excluding carboxylic acids is 2. The Morgan fingerprint density at radius 2 is 1.23 bits per heavy atom. The zero-order chi connectivity index (χ0) is 50.2. The van der Waals surface area contributed by atoms with Crippen molar-refractivity contribution in [1.29, 1.82) is 0 Å². The number of esters is 2. The number of alkyl halides is 3. The molecule has 1 unspecified atom stereocenters. The molecule has 2 heterocycles. The Kier molecular flexibility index (Phi) is 15.8. The van der Waals surface area contributed by atoms with Gasteiger partial charge in [-0.2, -0.15) is 13.2 Å². The predicted octanol–water partition coefficient (Wildman–Crippen LogP) is 7.93. The number of halogens is 4. The van der Waals surface area contributed by atoms with E-state index in [0.717, 1.165) is 28.9 Å². The van der Waals surface area contributed by atoms with Crippen molar-refractivity contribution in [1.82, 2.24) is 4.90 Å². The van der Waals surface area contributed by atoms with Gasteiger partial charge in [-0.1, -0.05) is 53.6 Å². The molecular formula is C49H46F4N4O12. The molecule has 20 heteroatoms. The largest absolute Gasteiger partial charge is 0.497 e. The quantitative estimate of drug-likeness (QED) is 0.0757. The van der Waals surface area contributed by atoms with Crippen LogP contribution >= 0.6 is 0 Å². The molecule has 0 amide bonds. The van der Waals surface area contributed by atoms with E-state index in [1.54, 1.807) is 51.3 Å². The summed E-state index contributed by atoms with van der Waals surface area (Å²) in [6.07, 6.45) is -9.62. The van der Waals surface area contributed by atoms with Gasteiger partial charge >= 0.3 is 36.0 Å². The lowest BCUT2D eigenvalue weighted by Crippen LogP contribution is -2.55. The summed E-state index contributed by atoms with van der Waals surface area (Å²) >= 11 is 0. The first-order valence-corrected chi connectivity index (χ1v) is 21.1. The Bertz CT molecular complexity index is 2650. The van der Waals surface area contributed by atoms with Crippen LogP contribution in [0.2, 0.25) is 0 Å². The SMILES string of the molecule is COc1cccc(N2CCN(C3=Nc4c(F)cccc4C(CC(=O)O)N3c3cc(C(F)(F)F)ccc3OC)CC2)c1.Cc1ccc(C(=O)O[C@H](C(=O)O)[C@H](OC(=O)c2ccc(C)cc2)C(=O)O)cc1. The number of aliphatic carboxylic acids is 3. The van der Waals surface area contributed by atoms with E-state index in [0.29, 0.717) is 31.9 Å². The van der Waals surface area contributed by atoms with Crippen LogP contribution in [-0.2, 0) is 30.0 Å². The van der Waals surface area contributed by atoms with Gasteiger partial charge in [0.05, 0.1) is 49.1 Å². The summed E-state index contributed by atoms with van der Waals surface area (Å²) in [5, 5.41) is 28.5. The highest BCUT2D eigenvalue weighted by atomic mass is 19.4. The van der Waals surface area contributed by atoms with Crippen molar-refractivity contribution in [2.75, 3.05) is 50.2 Å². The normalized spacial score (nSPS) is 15.3. The Morgan fingerprint density at radius 1 is 0.696 bits per heavy atom. The first-order chi connectivity index (χ1) is 32.8. The van der Waals surface area contributed by atoms with Gasteiger partial charge in [0.2, 0.25) is 18.2 Å². The van der Waals surface area contributed by atoms with E-state index in [4.69, 9.17) is 18.9 Å². The van der Waals surface area contributed by atoms with Gasteiger partial charge in [0.15, 0.2) is 0 Å². The number of para-hydroxylation sites is 1. The zero-order valence-electron chi connectivity index (χ0n) is 37.5. The fraction of sp³-hybridized carbons (Fsp3) is 0.265. The number of anilines is 2. The molecule has 5 aromatic rings. The highest BCUT2D eigenvalue weighted by molar-refractivity contribution is 6.02. The second-order valence-electron chi connectivity index (χ2n) is 15.7. The Hall–Kier alpha value is -8.16. The molecule has 2 aliphatic rings. The predicted molar refractivity (Wildman–Crippen MR) is 242 cm³/mol. The number of ether oxygens (including phenoxy) is 4. The Balaban J connectivity index is 0.000000245. The van der Waals surface area contributed by atoms with Crippen molar-refractivity contribution in [3.8, 4) is 11.5 Å². The molecular weight excluding hydrogens is 913 g/mol. The number of aliphatic imine (C=N–C) groups is 1. The van der Waals surface area contributed by atoms with E-state index in [1.807, 2.05) is 29.2 Å². The molecule has 7 rings (SSSR count). The summed E-state index contributed by atoms with van der Waals surface area (Å²) in [4.78, 5) is 69.4. The molecule has 0 aromatic heterocycles. The average molecular weight is 959 g/mol. The number of fused-ring (bicyclic) bond motifs is 1. The molecule has 0 radical (unpaired) electrons. The summed E-state index contributed by atoms with van der Waals surface area (Å²) < 4.78 is 77.0. The lowest BCUT2D eigenvalue weighted by Gasteiger charge is -2.45. The molecule has 0 spiro atoms. The summed E-state index contributed by atoms with van der Waals surface area (Å²) in [5.74, 6) is -6.53. The molecule has 0 aliphatic carbocycles. The highest BCUT2D eigenvalue weighted by Gasteiger charge is 2.42. The van der Waals surface area contributed by atoms with Crippen molar-refractivity contribution in [3.63, 3.8) is 0 Å². The number of piperazine rings is 1. The molecule has 0 saturated carbocycles. The first kappa shape index (κ1) is 50.3. The van der Waals surface area contributed by atoms with E-state index in [9.17, 15) is 52.5 Å². The minimum Gasteiger partial charge on any atom is -0.497 e. The number of methoxy groups -OCH3 is 2. The molecule has 2 aliphatic heterocycles. The van der Waals surface area contributed by atoms with Crippen LogP contribution in [0.25, 0.3) is 0 Å². The van der Waals surface area contributed by atoms with Crippen LogP contribution in [-0.4, -0.2) is 109 Å². The number of benzene rings is 5. The lowest BCUT2D eigenvalue weighted by molar-refractivity contribution is -0.166.